The van der Waals surface area contributed by atoms with E-state index >= 15 is 0 Å². The quantitative estimate of drug-likeness (QED) is 0.669. The Morgan fingerprint density at radius 1 is 1.00 bits per heavy atom. The number of fused-ring (bicyclic) bond motifs is 1. The van der Waals surface area contributed by atoms with Gasteiger partial charge in [0.05, 0.1) is 12.3 Å². The molecule has 2 aliphatic heterocycles. The summed E-state index contributed by atoms with van der Waals surface area (Å²) in [5.74, 6) is 1.13. The lowest BCUT2D eigenvalue weighted by atomic mass is 9.98. The van der Waals surface area contributed by atoms with E-state index in [2.05, 4.69) is 51.5 Å². The Bertz CT molecular complexity index is 859. The number of benzene rings is 2. The molecule has 2 aromatic carbocycles. The van der Waals surface area contributed by atoms with Gasteiger partial charge in [-0.05, 0) is 68.5 Å². The minimum Gasteiger partial charge on any atom is -0.492 e. The smallest absolute Gasteiger partial charge is 0.224 e. The average molecular weight is 408 g/mol. The second-order valence-electron chi connectivity index (χ2n) is 8.23. The van der Waals surface area contributed by atoms with E-state index in [1.807, 2.05) is 13.0 Å². The largest absolute Gasteiger partial charge is 0.492 e. The predicted octanol–water partition coefficient (Wildman–Crippen LogP) is 4.11. The standard InChI is InChI=1S/C25H33N3O2/c1-2-30-24-9-4-3-8-23(24)28-17-15-27(16-18-28)14-6-5-7-20-10-12-22-21(19-20)11-13-25(29)26-22/h3-4,8-10,12,19H,2,5-7,11,13-18H2,1H3,(H,26,29). The van der Waals surface area contributed by atoms with Gasteiger partial charge in [0.15, 0.2) is 0 Å². The summed E-state index contributed by atoms with van der Waals surface area (Å²) in [5.41, 5.74) is 4.90. The second kappa shape index (κ2) is 9.98. The van der Waals surface area contributed by atoms with E-state index < -0.39 is 0 Å². The van der Waals surface area contributed by atoms with Crippen molar-refractivity contribution >= 4 is 17.3 Å². The minimum absolute atomic E-state index is 0.136. The minimum atomic E-state index is 0.136. The zero-order valence-corrected chi connectivity index (χ0v) is 18.0. The molecule has 0 saturated carbocycles. The number of ether oxygens (including phenoxy) is 1. The average Bonchev–Trinajstić information content (AvgIpc) is 2.78. The van der Waals surface area contributed by atoms with Gasteiger partial charge in [0, 0.05) is 38.3 Å². The number of nitrogens with zero attached hydrogens (tertiary/aromatic N) is 2. The number of unbranched alkanes of at least 4 members (excludes halogenated alkanes) is 1. The summed E-state index contributed by atoms with van der Waals surface area (Å²) in [6, 6.07) is 14.9. The van der Waals surface area contributed by atoms with E-state index in [1.165, 1.54) is 36.2 Å². The summed E-state index contributed by atoms with van der Waals surface area (Å²) in [4.78, 5) is 16.5. The molecule has 4 rings (SSSR count). The number of anilines is 2. The van der Waals surface area contributed by atoms with Gasteiger partial charge in [-0.3, -0.25) is 9.69 Å². The highest BCUT2D eigenvalue weighted by atomic mass is 16.5. The fourth-order valence-electron chi connectivity index (χ4n) is 4.47. The number of amides is 1. The number of carbonyl (C=O) groups is 1. The van der Waals surface area contributed by atoms with Crippen LogP contribution in [0.25, 0.3) is 0 Å². The molecule has 160 valence electrons. The molecule has 2 aliphatic rings. The molecule has 5 nitrogen and oxygen atoms in total. The molecule has 0 aromatic heterocycles. The molecule has 2 aromatic rings. The van der Waals surface area contributed by atoms with Crippen LogP contribution in [-0.4, -0.2) is 50.1 Å². The van der Waals surface area contributed by atoms with Crippen molar-refractivity contribution in [1.82, 2.24) is 4.90 Å². The third kappa shape index (κ3) is 5.14. The van der Waals surface area contributed by atoms with E-state index in [0.717, 1.165) is 50.5 Å². The maximum absolute atomic E-state index is 11.5. The van der Waals surface area contributed by atoms with E-state index in [9.17, 15) is 4.79 Å². The second-order valence-corrected chi connectivity index (χ2v) is 8.23. The number of nitrogens with one attached hydrogen (secondary N) is 1. The van der Waals surface area contributed by atoms with Crippen LogP contribution >= 0.6 is 0 Å². The van der Waals surface area contributed by atoms with Crippen molar-refractivity contribution in [3.8, 4) is 5.75 Å². The molecule has 0 radical (unpaired) electrons. The Morgan fingerprint density at radius 3 is 2.67 bits per heavy atom. The van der Waals surface area contributed by atoms with Crippen molar-refractivity contribution in [2.45, 2.75) is 39.0 Å². The molecule has 1 amide bonds. The number of piperazine rings is 1. The van der Waals surface area contributed by atoms with Crippen molar-refractivity contribution in [2.24, 2.45) is 0 Å². The van der Waals surface area contributed by atoms with Gasteiger partial charge in [0.25, 0.3) is 0 Å². The van der Waals surface area contributed by atoms with Gasteiger partial charge >= 0.3 is 0 Å². The number of hydrogen-bond donors (Lipinski definition) is 1. The molecule has 0 atom stereocenters. The van der Waals surface area contributed by atoms with Crippen molar-refractivity contribution in [1.29, 1.82) is 0 Å². The van der Waals surface area contributed by atoms with Crippen molar-refractivity contribution < 1.29 is 9.53 Å². The summed E-state index contributed by atoms with van der Waals surface area (Å²) in [7, 11) is 0. The van der Waals surface area contributed by atoms with Gasteiger partial charge < -0.3 is 15.0 Å². The molecule has 0 aliphatic carbocycles. The molecule has 0 spiro atoms. The summed E-state index contributed by atoms with van der Waals surface area (Å²) in [6.07, 6.45) is 5.02. The summed E-state index contributed by atoms with van der Waals surface area (Å²) in [5, 5.41) is 2.97. The maximum atomic E-state index is 11.5. The lowest BCUT2D eigenvalue weighted by Crippen LogP contribution is -2.46. The zero-order valence-electron chi connectivity index (χ0n) is 18.0. The van der Waals surface area contributed by atoms with E-state index in [4.69, 9.17) is 4.74 Å². The molecular formula is C25H33N3O2. The van der Waals surface area contributed by atoms with Gasteiger partial charge in [0.1, 0.15) is 5.75 Å². The third-order valence-electron chi connectivity index (χ3n) is 6.13. The highest BCUT2D eigenvalue weighted by Gasteiger charge is 2.19. The SMILES string of the molecule is CCOc1ccccc1N1CCN(CCCCc2ccc3c(c2)CCC(=O)N3)CC1. The van der Waals surface area contributed by atoms with Crippen LogP contribution in [0.15, 0.2) is 42.5 Å². The maximum Gasteiger partial charge on any atom is 0.224 e. The number of hydrogen-bond acceptors (Lipinski definition) is 4. The van der Waals surface area contributed by atoms with Crippen molar-refractivity contribution in [3.05, 3.63) is 53.6 Å². The fourth-order valence-corrected chi connectivity index (χ4v) is 4.47. The lowest BCUT2D eigenvalue weighted by molar-refractivity contribution is -0.116. The molecule has 0 unspecified atom stereocenters. The number of carbonyl (C=O) groups excluding carboxylic acids is 1. The summed E-state index contributed by atoms with van der Waals surface area (Å²) in [6.45, 7) is 8.24. The van der Waals surface area contributed by atoms with Crippen LogP contribution in [0.1, 0.15) is 37.3 Å². The van der Waals surface area contributed by atoms with Crippen LogP contribution in [-0.2, 0) is 17.6 Å². The molecule has 2 heterocycles. The zero-order chi connectivity index (χ0) is 20.8. The van der Waals surface area contributed by atoms with Gasteiger partial charge in [-0.15, -0.1) is 0 Å². The van der Waals surface area contributed by atoms with Crippen molar-refractivity contribution in [3.63, 3.8) is 0 Å². The molecular weight excluding hydrogens is 374 g/mol. The molecule has 1 saturated heterocycles. The van der Waals surface area contributed by atoms with Crippen LogP contribution in [0.3, 0.4) is 0 Å². The molecule has 1 fully saturated rings. The predicted molar refractivity (Wildman–Crippen MR) is 123 cm³/mol. The summed E-state index contributed by atoms with van der Waals surface area (Å²) >= 11 is 0. The molecule has 0 bridgehead atoms. The third-order valence-corrected chi connectivity index (χ3v) is 6.13. The topological polar surface area (TPSA) is 44.8 Å². The van der Waals surface area contributed by atoms with Crippen LogP contribution in [0.2, 0.25) is 0 Å². The number of para-hydroxylation sites is 2. The fraction of sp³-hybridized carbons (Fsp3) is 0.480. The number of aryl methyl sites for hydroxylation is 2. The van der Waals surface area contributed by atoms with Gasteiger partial charge in [0.2, 0.25) is 5.91 Å². The first kappa shape index (κ1) is 20.7. The lowest BCUT2D eigenvalue weighted by Gasteiger charge is -2.36. The molecule has 5 heteroatoms. The Balaban J connectivity index is 1.19. The highest BCUT2D eigenvalue weighted by Crippen LogP contribution is 2.29. The first-order chi connectivity index (χ1) is 14.7. The monoisotopic (exact) mass is 407 g/mol. The van der Waals surface area contributed by atoms with Crippen LogP contribution < -0.4 is 15.0 Å². The van der Waals surface area contributed by atoms with Gasteiger partial charge in [-0.1, -0.05) is 24.3 Å². The van der Waals surface area contributed by atoms with Gasteiger partial charge in [-0.2, -0.15) is 0 Å². The molecule has 1 N–H and O–H groups in total. The Morgan fingerprint density at radius 2 is 1.83 bits per heavy atom. The Labute approximate surface area is 180 Å². The van der Waals surface area contributed by atoms with Crippen LogP contribution in [0.5, 0.6) is 5.75 Å². The van der Waals surface area contributed by atoms with Crippen LogP contribution in [0.4, 0.5) is 11.4 Å². The van der Waals surface area contributed by atoms with E-state index in [1.54, 1.807) is 0 Å². The normalized spacial score (nSPS) is 16.8. The number of rotatable bonds is 8. The van der Waals surface area contributed by atoms with Crippen molar-refractivity contribution in [2.75, 3.05) is 49.5 Å². The molecule has 30 heavy (non-hydrogen) atoms. The Kier molecular flexibility index (Phi) is 6.90. The van der Waals surface area contributed by atoms with Crippen LogP contribution in [0, 0.1) is 0 Å². The summed E-state index contributed by atoms with van der Waals surface area (Å²) < 4.78 is 5.80. The van der Waals surface area contributed by atoms with E-state index in [-0.39, 0.29) is 5.91 Å². The van der Waals surface area contributed by atoms with E-state index in [0.29, 0.717) is 13.0 Å². The first-order valence-corrected chi connectivity index (χ1v) is 11.3. The highest BCUT2D eigenvalue weighted by molar-refractivity contribution is 5.93. The first-order valence-electron chi connectivity index (χ1n) is 11.3. The Hall–Kier alpha value is -2.53. The van der Waals surface area contributed by atoms with Gasteiger partial charge in [-0.25, -0.2) is 0 Å².